The molecule has 2 N–H and O–H groups in total. The Morgan fingerprint density at radius 1 is 1.29 bits per heavy atom. The number of benzene rings is 1. The third kappa shape index (κ3) is 5.10. The van der Waals surface area contributed by atoms with Crippen molar-refractivity contribution in [3.8, 4) is 0 Å². The van der Waals surface area contributed by atoms with Crippen molar-refractivity contribution in [3.05, 3.63) is 35.4 Å². The van der Waals surface area contributed by atoms with Gasteiger partial charge in [-0.25, -0.2) is 9.36 Å². The van der Waals surface area contributed by atoms with Crippen molar-refractivity contribution in [3.63, 3.8) is 0 Å². The molecule has 0 amide bonds. The van der Waals surface area contributed by atoms with Crippen LogP contribution in [-0.2, 0) is 20.5 Å². The van der Waals surface area contributed by atoms with Crippen LogP contribution < -0.4 is 0 Å². The first kappa shape index (κ1) is 13.9. The predicted molar refractivity (Wildman–Crippen MR) is 59.0 cm³/mol. The van der Waals surface area contributed by atoms with Gasteiger partial charge in [-0.2, -0.15) is 0 Å². The third-order valence-electron chi connectivity index (χ3n) is 1.94. The van der Waals surface area contributed by atoms with Crippen molar-refractivity contribution in [1.29, 1.82) is 0 Å². The molecule has 1 rings (SSSR count). The van der Waals surface area contributed by atoms with Crippen molar-refractivity contribution < 1.29 is 28.7 Å². The summed E-state index contributed by atoms with van der Waals surface area (Å²) in [6.45, 7) is 2.04. The molecule has 0 spiro atoms. The van der Waals surface area contributed by atoms with Crippen LogP contribution in [0.15, 0.2) is 24.3 Å². The summed E-state index contributed by atoms with van der Waals surface area (Å²) in [5.41, 5.74) is 1.23. The molecule has 0 fully saturated rings. The molecule has 0 radical (unpaired) electrons. The summed E-state index contributed by atoms with van der Waals surface area (Å²) in [6.07, 6.45) is 1.89. The van der Waals surface area contributed by atoms with Crippen LogP contribution in [0.2, 0.25) is 0 Å². The molecule has 0 bridgehead atoms. The van der Waals surface area contributed by atoms with E-state index in [1.165, 1.54) is 12.1 Å². The molecular formula is C10H13O6P. The summed E-state index contributed by atoms with van der Waals surface area (Å²) in [4.78, 5) is 31.9. The van der Waals surface area contributed by atoms with Crippen LogP contribution in [0.4, 0.5) is 0 Å². The molecule has 7 heteroatoms. The molecule has 0 aliphatic carbocycles. The van der Waals surface area contributed by atoms with Gasteiger partial charge in [0.2, 0.25) is 0 Å². The summed E-state index contributed by atoms with van der Waals surface area (Å²) < 4.78 is 13.9. The second kappa shape index (κ2) is 5.93. The van der Waals surface area contributed by atoms with Crippen LogP contribution in [0.3, 0.4) is 0 Å². The molecule has 94 valence electrons. The Morgan fingerprint density at radius 2 is 1.88 bits per heavy atom. The van der Waals surface area contributed by atoms with E-state index in [2.05, 4.69) is 9.56 Å². The van der Waals surface area contributed by atoms with Crippen LogP contribution in [0.1, 0.15) is 29.3 Å². The minimum absolute atomic E-state index is 0.165. The van der Waals surface area contributed by atoms with Crippen molar-refractivity contribution in [1.82, 2.24) is 0 Å². The van der Waals surface area contributed by atoms with Crippen LogP contribution in [0.25, 0.3) is 0 Å². The Kier molecular flexibility index (Phi) is 4.84. The molecule has 0 unspecified atom stereocenters. The highest BCUT2D eigenvalue weighted by molar-refractivity contribution is 7.46. The summed E-state index contributed by atoms with van der Waals surface area (Å²) in [7, 11) is -4.80. The molecule has 0 saturated carbocycles. The molecule has 0 aromatic heterocycles. The van der Waals surface area contributed by atoms with E-state index in [0.29, 0.717) is 0 Å². The summed E-state index contributed by atoms with van der Waals surface area (Å²) >= 11 is 0. The van der Waals surface area contributed by atoms with E-state index in [0.717, 1.165) is 18.4 Å². The van der Waals surface area contributed by atoms with E-state index >= 15 is 0 Å². The number of aryl methyl sites for hydroxylation is 1. The van der Waals surface area contributed by atoms with Crippen LogP contribution >= 0.6 is 7.82 Å². The van der Waals surface area contributed by atoms with Gasteiger partial charge in [0.05, 0.1) is 5.56 Å². The molecule has 6 nitrogen and oxygen atoms in total. The normalized spacial score (nSPS) is 11.2. The van der Waals surface area contributed by atoms with Gasteiger partial charge in [-0.3, -0.25) is 4.89 Å². The average Bonchev–Trinajstić information content (AvgIpc) is 2.26. The van der Waals surface area contributed by atoms with Gasteiger partial charge in [0.1, 0.15) is 0 Å². The third-order valence-corrected chi connectivity index (χ3v) is 2.21. The van der Waals surface area contributed by atoms with Crippen LogP contribution in [-0.4, -0.2) is 15.8 Å². The van der Waals surface area contributed by atoms with Crippen LogP contribution in [0.5, 0.6) is 0 Å². The van der Waals surface area contributed by atoms with E-state index in [4.69, 9.17) is 9.79 Å². The lowest BCUT2D eigenvalue weighted by atomic mass is 10.1. The maximum absolute atomic E-state index is 11.3. The average molecular weight is 260 g/mol. The summed E-state index contributed by atoms with van der Waals surface area (Å²) in [6, 6.07) is 6.52. The fraction of sp³-hybridized carbons (Fsp3) is 0.300. The number of hydrogen-bond acceptors (Lipinski definition) is 4. The maximum Gasteiger partial charge on any atom is 0.505 e. The number of carbonyl (C=O) groups is 1. The number of hydrogen-bond donors (Lipinski definition) is 2. The SMILES string of the molecule is CCCc1ccc(C(=O)OOP(=O)(O)O)cc1. The Balaban J connectivity index is 2.60. The van der Waals surface area contributed by atoms with Gasteiger partial charge >= 0.3 is 13.8 Å². The zero-order valence-electron chi connectivity index (χ0n) is 9.20. The maximum atomic E-state index is 11.3. The fourth-order valence-electron chi connectivity index (χ4n) is 1.23. The van der Waals surface area contributed by atoms with Crippen LogP contribution in [0, 0.1) is 0 Å². The van der Waals surface area contributed by atoms with Gasteiger partial charge in [0.25, 0.3) is 0 Å². The molecular weight excluding hydrogens is 247 g/mol. The zero-order chi connectivity index (χ0) is 12.9. The standard InChI is InChI=1S/C10H13O6P/c1-2-3-8-4-6-9(7-5-8)10(11)15-16-17(12,13)14/h4-7H,2-3H2,1H3,(H2,12,13,14). The summed E-state index contributed by atoms with van der Waals surface area (Å²) in [5, 5.41) is 0. The number of phosphoric acid groups is 1. The molecule has 0 aliphatic heterocycles. The topological polar surface area (TPSA) is 93.1 Å². The van der Waals surface area contributed by atoms with E-state index in [1.54, 1.807) is 12.1 Å². The van der Waals surface area contributed by atoms with Gasteiger partial charge < -0.3 is 9.79 Å². The molecule has 1 aromatic rings. The Morgan fingerprint density at radius 3 is 2.35 bits per heavy atom. The summed E-state index contributed by atoms with van der Waals surface area (Å²) in [5.74, 6) is -0.948. The van der Waals surface area contributed by atoms with Crippen molar-refractivity contribution >= 4 is 13.8 Å². The smallest absolute Gasteiger partial charge is 0.301 e. The molecule has 0 atom stereocenters. The lowest BCUT2D eigenvalue weighted by molar-refractivity contribution is -0.166. The van der Waals surface area contributed by atoms with E-state index in [9.17, 15) is 9.36 Å². The molecule has 0 aliphatic rings. The Bertz CT molecular complexity index is 421. The highest BCUT2D eigenvalue weighted by Gasteiger charge is 2.19. The minimum Gasteiger partial charge on any atom is -0.301 e. The fourth-order valence-corrected chi connectivity index (χ4v) is 1.39. The van der Waals surface area contributed by atoms with E-state index in [1.807, 2.05) is 6.92 Å². The lowest BCUT2D eigenvalue weighted by Crippen LogP contribution is -2.05. The van der Waals surface area contributed by atoms with Gasteiger partial charge in [0.15, 0.2) is 0 Å². The molecule has 1 aromatic carbocycles. The Hall–Kier alpha value is -1.20. The lowest BCUT2D eigenvalue weighted by Gasteiger charge is -2.04. The van der Waals surface area contributed by atoms with Gasteiger partial charge in [0, 0.05) is 0 Å². The van der Waals surface area contributed by atoms with Crippen molar-refractivity contribution in [2.24, 2.45) is 0 Å². The monoisotopic (exact) mass is 260 g/mol. The highest BCUT2D eigenvalue weighted by atomic mass is 31.2. The first-order chi connectivity index (χ1) is 7.92. The minimum atomic E-state index is -4.80. The zero-order valence-corrected chi connectivity index (χ0v) is 10.1. The van der Waals surface area contributed by atoms with Crippen molar-refractivity contribution in [2.75, 3.05) is 0 Å². The van der Waals surface area contributed by atoms with E-state index < -0.39 is 13.8 Å². The first-order valence-corrected chi connectivity index (χ1v) is 6.50. The molecule has 0 saturated heterocycles. The van der Waals surface area contributed by atoms with Gasteiger partial charge in [-0.15, -0.1) is 0 Å². The largest absolute Gasteiger partial charge is 0.505 e. The van der Waals surface area contributed by atoms with E-state index in [-0.39, 0.29) is 5.56 Å². The number of rotatable bonds is 5. The number of carbonyl (C=O) groups excluding carboxylic acids is 1. The quantitative estimate of drug-likeness (QED) is 0.476. The van der Waals surface area contributed by atoms with Gasteiger partial charge in [-0.1, -0.05) is 30.2 Å². The second-order valence-electron chi connectivity index (χ2n) is 3.38. The van der Waals surface area contributed by atoms with Crippen molar-refractivity contribution in [2.45, 2.75) is 19.8 Å². The first-order valence-electron chi connectivity index (χ1n) is 4.97. The molecule has 0 heterocycles. The Labute approximate surface area is 98.3 Å². The highest BCUT2D eigenvalue weighted by Crippen LogP contribution is 2.36. The van der Waals surface area contributed by atoms with Gasteiger partial charge in [-0.05, 0) is 24.1 Å². The predicted octanol–water partition coefficient (Wildman–Crippen LogP) is 1.82. The molecule has 17 heavy (non-hydrogen) atoms. The second-order valence-corrected chi connectivity index (χ2v) is 4.51.